The number of piperazine rings is 1. The molecule has 2 aromatic rings. The van der Waals surface area contributed by atoms with E-state index in [1.807, 2.05) is 0 Å². The maximum Gasteiger partial charge on any atom is 0.0380 e. The molecule has 3 rings (SSSR count). The van der Waals surface area contributed by atoms with Gasteiger partial charge in [0.15, 0.2) is 0 Å². The average Bonchev–Trinajstić information content (AvgIpc) is 2.58. The first-order valence-electron chi connectivity index (χ1n) is 8.65. The lowest BCUT2D eigenvalue weighted by Gasteiger charge is -2.39. The normalized spacial score (nSPS) is 19.2. The fourth-order valence-electron chi connectivity index (χ4n) is 3.78. The smallest absolute Gasteiger partial charge is 0.0380 e. The molecule has 1 aliphatic heterocycles. The lowest BCUT2D eigenvalue weighted by atomic mass is 9.86. The summed E-state index contributed by atoms with van der Waals surface area (Å²) in [6.07, 6.45) is 1.22. The molecule has 0 bridgehead atoms. The molecule has 0 amide bonds. The van der Waals surface area contributed by atoms with Gasteiger partial charge in [-0.25, -0.2) is 0 Å². The van der Waals surface area contributed by atoms with Gasteiger partial charge in [0, 0.05) is 32.2 Å². The first kappa shape index (κ1) is 15.5. The molecule has 1 fully saturated rings. The molecule has 0 aromatic heterocycles. The van der Waals surface area contributed by atoms with Gasteiger partial charge in [-0.05, 0) is 34.7 Å². The van der Waals surface area contributed by atoms with Crippen LogP contribution in [0, 0.1) is 12.8 Å². The van der Waals surface area contributed by atoms with Gasteiger partial charge in [-0.2, -0.15) is 0 Å². The number of rotatable bonds is 4. The molecule has 1 N–H and O–H groups in total. The number of hydrogen-bond acceptors (Lipinski definition) is 2. The van der Waals surface area contributed by atoms with Gasteiger partial charge in [-0.3, -0.25) is 4.90 Å². The zero-order valence-corrected chi connectivity index (χ0v) is 14.1. The van der Waals surface area contributed by atoms with E-state index in [1.54, 1.807) is 0 Å². The van der Waals surface area contributed by atoms with Crippen LogP contribution < -0.4 is 5.32 Å². The van der Waals surface area contributed by atoms with Gasteiger partial charge < -0.3 is 5.32 Å². The van der Waals surface area contributed by atoms with Gasteiger partial charge in [0.05, 0.1) is 0 Å². The molecule has 1 aliphatic rings. The number of hydrogen-bond donors (Lipinski definition) is 1. The molecule has 1 heterocycles. The van der Waals surface area contributed by atoms with Crippen LogP contribution in [0.5, 0.6) is 0 Å². The molecule has 2 heteroatoms. The Labute approximate surface area is 134 Å². The van der Waals surface area contributed by atoms with E-state index in [0.29, 0.717) is 12.0 Å². The minimum atomic E-state index is 0.526. The minimum absolute atomic E-state index is 0.526. The summed E-state index contributed by atoms with van der Waals surface area (Å²) in [7, 11) is 0. The van der Waals surface area contributed by atoms with Crippen LogP contribution in [-0.2, 0) is 0 Å². The van der Waals surface area contributed by atoms with Crippen molar-refractivity contribution in [3.05, 3.63) is 47.5 Å². The van der Waals surface area contributed by atoms with E-state index in [1.165, 1.54) is 28.3 Å². The Bertz CT molecular complexity index is 629. The molecule has 118 valence electrons. The van der Waals surface area contributed by atoms with Gasteiger partial charge >= 0.3 is 0 Å². The summed E-state index contributed by atoms with van der Waals surface area (Å²) in [6.45, 7) is 11.5. The van der Waals surface area contributed by atoms with Crippen molar-refractivity contribution in [3.63, 3.8) is 0 Å². The summed E-state index contributed by atoms with van der Waals surface area (Å²) in [6, 6.07) is 14.1. The van der Waals surface area contributed by atoms with E-state index in [4.69, 9.17) is 0 Å². The van der Waals surface area contributed by atoms with E-state index in [0.717, 1.165) is 26.2 Å². The molecular formula is C20H28N2. The highest BCUT2D eigenvalue weighted by Gasteiger charge is 2.27. The fraction of sp³-hybridized carbons (Fsp3) is 0.500. The van der Waals surface area contributed by atoms with E-state index >= 15 is 0 Å². The quantitative estimate of drug-likeness (QED) is 0.912. The second-order valence-electron chi connectivity index (χ2n) is 6.63. The van der Waals surface area contributed by atoms with Gasteiger partial charge in [0.2, 0.25) is 0 Å². The number of fused-ring (bicyclic) bond motifs is 1. The maximum absolute atomic E-state index is 3.48. The molecule has 22 heavy (non-hydrogen) atoms. The molecule has 1 unspecified atom stereocenters. The molecule has 0 saturated carbocycles. The van der Waals surface area contributed by atoms with Crippen LogP contribution in [0.1, 0.15) is 37.4 Å². The van der Waals surface area contributed by atoms with Crippen LogP contribution in [0.15, 0.2) is 36.4 Å². The maximum atomic E-state index is 3.48. The molecule has 1 saturated heterocycles. The van der Waals surface area contributed by atoms with Crippen molar-refractivity contribution < 1.29 is 0 Å². The second kappa shape index (κ2) is 6.80. The molecule has 0 aliphatic carbocycles. The number of nitrogens with one attached hydrogen (secondary N) is 1. The molecule has 0 radical (unpaired) electrons. The summed E-state index contributed by atoms with van der Waals surface area (Å²) in [5.41, 5.74) is 2.89. The summed E-state index contributed by atoms with van der Waals surface area (Å²) >= 11 is 0. The van der Waals surface area contributed by atoms with Crippen molar-refractivity contribution in [2.75, 3.05) is 26.2 Å². The Hall–Kier alpha value is -1.38. The zero-order valence-electron chi connectivity index (χ0n) is 14.1. The van der Waals surface area contributed by atoms with E-state index in [9.17, 15) is 0 Å². The summed E-state index contributed by atoms with van der Waals surface area (Å²) in [5.74, 6) is 0.671. The van der Waals surface area contributed by atoms with Crippen molar-refractivity contribution in [2.24, 2.45) is 5.92 Å². The predicted molar refractivity (Wildman–Crippen MR) is 95.3 cm³/mol. The SMILES string of the molecule is CCC(C)[C@H](c1ccc(C)c2ccccc12)N1CCNCC1. The zero-order chi connectivity index (χ0) is 15.5. The Morgan fingerprint density at radius 1 is 1.05 bits per heavy atom. The van der Waals surface area contributed by atoms with Crippen LogP contribution in [-0.4, -0.2) is 31.1 Å². The topological polar surface area (TPSA) is 15.3 Å². The van der Waals surface area contributed by atoms with E-state index < -0.39 is 0 Å². The third-order valence-corrected chi connectivity index (χ3v) is 5.22. The first-order valence-corrected chi connectivity index (χ1v) is 8.65. The van der Waals surface area contributed by atoms with Gasteiger partial charge in [-0.15, -0.1) is 0 Å². The van der Waals surface area contributed by atoms with Crippen LogP contribution in [0.2, 0.25) is 0 Å². The highest BCUT2D eigenvalue weighted by molar-refractivity contribution is 5.89. The van der Waals surface area contributed by atoms with Crippen LogP contribution in [0.4, 0.5) is 0 Å². The van der Waals surface area contributed by atoms with Crippen LogP contribution in [0.3, 0.4) is 0 Å². The Morgan fingerprint density at radius 3 is 2.41 bits per heavy atom. The van der Waals surface area contributed by atoms with Crippen LogP contribution >= 0.6 is 0 Å². The van der Waals surface area contributed by atoms with Crippen molar-refractivity contribution in [1.29, 1.82) is 0 Å². The standard InChI is InChI=1S/C20H28N2/c1-4-15(2)20(22-13-11-21-12-14-22)19-10-9-16(3)17-7-5-6-8-18(17)19/h5-10,15,20-21H,4,11-14H2,1-3H3/t15?,20-/m1/s1. The second-order valence-corrected chi connectivity index (χ2v) is 6.63. The average molecular weight is 296 g/mol. The van der Waals surface area contributed by atoms with Crippen molar-refractivity contribution in [1.82, 2.24) is 10.2 Å². The predicted octanol–water partition coefficient (Wildman–Crippen LogP) is 4.14. The van der Waals surface area contributed by atoms with Gasteiger partial charge in [0.25, 0.3) is 0 Å². The molecular weight excluding hydrogens is 268 g/mol. The Kier molecular flexibility index (Phi) is 4.80. The monoisotopic (exact) mass is 296 g/mol. The lowest BCUT2D eigenvalue weighted by Crippen LogP contribution is -2.46. The highest BCUT2D eigenvalue weighted by atomic mass is 15.2. The summed E-state index contributed by atoms with van der Waals surface area (Å²) in [4.78, 5) is 2.68. The number of nitrogens with zero attached hydrogens (tertiary/aromatic N) is 1. The molecule has 2 atom stereocenters. The minimum Gasteiger partial charge on any atom is -0.314 e. The molecule has 2 nitrogen and oxygen atoms in total. The molecule has 2 aromatic carbocycles. The van der Waals surface area contributed by atoms with Crippen LogP contribution in [0.25, 0.3) is 10.8 Å². The summed E-state index contributed by atoms with van der Waals surface area (Å²) < 4.78 is 0. The third kappa shape index (κ3) is 2.90. The van der Waals surface area contributed by atoms with Gasteiger partial charge in [-0.1, -0.05) is 56.7 Å². The Balaban J connectivity index is 2.09. The number of benzene rings is 2. The third-order valence-electron chi connectivity index (χ3n) is 5.22. The Morgan fingerprint density at radius 2 is 1.73 bits per heavy atom. The van der Waals surface area contributed by atoms with E-state index in [2.05, 4.69) is 67.4 Å². The highest BCUT2D eigenvalue weighted by Crippen LogP contribution is 2.36. The van der Waals surface area contributed by atoms with E-state index in [-0.39, 0.29) is 0 Å². The fourth-order valence-corrected chi connectivity index (χ4v) is 3.78. The number of aryl methyl sites for hydroxylation is 1. The van der Waals surface area contributed by atoms with Gasteiger partial charge in [0.1, 0.15) is 0 Å². The van der Waals surface area contributed by atoms with Crippen molar-refractivity contribution >= 4 is 10.8 Å². The lowest BCUT2D eigenvalue weighted by molar-refractivity contribution is 0.129. The largest absolute Gasteiger partial charge is 0.314 e. The molecule has 0 spiro atoms. The first-order chi connectivity index (χ1) is 10.7. The van der Waals surface area contributed by atoms with Crippen molar-refractivity contribution in [3.8, 4) is 0 Å². The van der Waals surface area contributed by atoms with Crippen molar-refractivity contribution in [2.45, 2.75) is 33.2 Å². The summed E-state index contributed by atoms with van der Waals surface area (Å²) in [5, 5.41) is 6.32.